The first-order valence-corrected chi connectivity index (χ1v) is 5.62. The molecule has 0 aliphatic carbocycles. The molecule has 0 aromatic carbocycles. The van der Waals surface area contributed by atoms with Crippen LogP contribution in [-0.4, -0.2) is 5.97 Å². The maximum Gasteiger partial charge on any atom is 0.0414 e. The Kier molecular flexibility index (Phi) is 9.71. The van der Waals surface area contributed by atoms with Crippen molar-refractivity contribution in [3.05, 3.63) is 12.2 Å². The molecule has 0 saturated carbocycles. The number of rotatable bonds is 9. The van der Waals surface area contributed by atoms with Gasteiger partial charge in [-0.05, 0) is 32.1 Å². The third-order valence-corrected chi connectivity index (χ3v) is 2.14. The topological polar surface area (TPSA) is 40.1 Å². The van der Waals surface area contributed by atoms with Crippen molar-refractivity contribution < 1.29 is 9.90 Å². The van der Waals surface area contributed by atoms with Crippen LogP contribution in [0.2, 0.25) is 0 Å². The molecule has 0 N–H and O–H groups in total. The Bertz CT molecular complexity index is 162. The second-order valence-electron chi connectivity index (χ2n) is 3.58. The summed E-state index contributed by atoms with van der Waals surface area (Å²) in [6.07, 6.45) is 12.2. The summed E-state index contributed by atoms with van der Waals surface area (Å²) in [5.41, 5.74) is 0. The van der Waals surface area contributed by atoms with Gasteiger partial charge < -0.3 is 9.90 Å². The van der Waals surface area contributed by atoms with E-state index in [0.717, 1.165) is 25.7 Å². The number of allylic oxidation sites excluding steroid dienone is 2. The van der Waals surface area contributed by atoms with Gasteiger partial charge in [-0.15, -0.1) is 0 Å². The molecule has 0 unspecified atom stereocenters. The van der Waals surface area contributed by atoms with Crippen molar-refractivity contribution in [3.63, 3.8) is 0 Å². The second-order valence-corrected chi connectivity index (χ2v) is 3.58. The van der Waals surface area contributed by atoms with Gasteiger partial charge in [-0.1, -0.05) is 38.3 Å². The number of unbranched alkanes of at least 4 members (excludes halogenated alkanes) is 5. The van der Waals surface area contributed by atoms with Crippen molar-refractivity contribution in [2.75, 3.05) is 0 Å². The van der Waals surface area contributed by atoms with Gasteiger partial charge in [0.2, 0.25) is 0 Å². The molecular weight excluding hydrogens is 176 g/mol. The molecule has 0 saturated heterocycles. The van der Waals surface area contributed by atoms with E-state index in [1.807, 2.05) is 0 Å². The average molecular weight is 197 g/mol. The van der Waals surface area contributed by atoms with Gasteiger partial charge in [0.05, 0.1) is 0 Å². The van der Waals surface area contributed by atoms with Crippen LogP contribution in [-0.2, 0) is 4.79 Å². The lowest BCUT2D eigenvalue weighted by Crippen LogP contribution is -2.21. The van der Waals surface area contributed by atoms with Gasteiger partial charge in [0, 0.05) is 5.97 Å². The van der Waals surface area contributed by atoms with E-state index in [1.165, 1.54) is 19.3 Å². The van der Waals surface area contributed by atoms with Crippen LogP contribution in [0.4, 0.5) is 0 Å². The van der Waals surface area contributed by atoms with E-state index in [9.17, 15) is 9.90 Å². The minimum atomic E-state index is -0.927. The number of aliphatic carboxylic acids is 1. The van der Waals surface area contributed by atoms with Crippen LogP contribution in [0.15, 0.2) is 12.2 Å². The van der Waals surface area contributed by atoms with Crippen molar-refractivity contribution in [2.24, 2.45) is 0 Å². The van der Waals surface area contributed by atoms with Crippen molar-refractivity contribution >= 4 is 5.97 Å². The van der Waals surface area contributed by atoms with Gasteiger partial charge in [-0.3, -0.25) is 0 Å². The highest BCUT2D eigenvalue weighted by molar-refractivity contribution is 5.63. The minimum Gasteiger partial charge on any atom is -0.550 e. The fraction of sp³-hybridized carbons (Fsp3) is 0.750. The highest BCUT2D eigenvalue weighted by Gasteiger charge is 1.88. The Balaban J connectivity index is 3.05. The maximum atomic E-state index is 10.1. The molecule has 2 heteroatoms. The highest BCUT2D eigenvalue weighted by atomic mass is 16.4. The van der Waals surface area contributed by atoms with E-state index in [-0.39, 0.29) is 6.42 Å². The molecular formula is C12H21O2-. The van der Waals surface area contributed by atoms with Gasteiger partial charge in [-0.25, -0.2) is 0 Å². The Labute approximate surface area is 87.0 Å². The molecule has 0 atom stereocenters. The lowest BCUT2D eigenvalue weighted by Gasteiger charge is -1.99. The maximum absolute atomic E-state index is 10.1. The lowest BCUT2D eigenvalue weighted by molar-refractivity contribution is -0.305. The molecule has 0 radical (unpaired) electrons. The number of carboxylic acids is 1. The molecule has 0 fully saturated rings. The number of hydrogen-bond donors (Lipinski definition) is 0. The molecule has 82 valence electrons. The van der Waals surface area contributed by atoms with E-state index in [1.54, 1.807) is 0 Å². The molecule has 14 heavy (non-hydrogen) atoms. The summed E-state index contributed by atoms with van der Waals surface area (Å²) in [5, 5.41) is 10.1. The summed E-state index contributed by atoms with van der Waals surface area (Å²) in [6, 6.07) is 0. The Morgan fingerprint density at radius 3 is 2.29 bits per heavy atom. The van der Waals surface area contributed by atoms with E-state index >= 15 is 0 Å². The quantitative estimate of drug-likeness (QED) is 0.420. The SMILES string of the molecule is CCCC/C=C/CCCCCC(=O)[O-]. The lowest BCUT2D eigenvalue weighted by atomic mass is 10.1. The van der Waals surface area contributed by atoms with Crippen LogP contribution in [0.5, 0.6) is 0 Å². The predicted molar refractivity (Wildman–Crippen MR) is 56.8 cm³/mol. The summed E-state index contributed by atoms with van der Waals surface area (Å²) in [4.78, 5) is 10.1. The van der Waals surface area contributed by atoms with Crippen molar-refractivity contribution in [2.45, 2.75) is 58.3 Å². The first kappa shape index (κ1) is 13.2. The van der Waals surface area contributed by atoms with Crippen LogP contribution in [0.25, 0.3) is 0 Å². The molecule has 0 aromatic heterocycles. The fourth-order valence-corrected chi connectivity index (χ4v) is 1.27. The summed E-state index contributed by atoms with van der Waals surface area (Å²) < 4.78 is 0. The summed E-state index contributed by atoms with van der Waals surface area (Å²) in [5.74, 6) is -0.927. The Morgan fingerprint density at radius 2 is 1.71 bits per heavy atom. The molecule has 0 rings (SSSR count). The second kappa shape index (κ2) is 10.3. The van der Waals surface area contributed by atoms with Gasteiger partial charge in [0.15, 0.2) is 0 Å². The molecule has 2 nitrogen and oxygen atoms in total. The van der Waals surface area contributed by atoms with Crippen LogP contribution >= 0.6 is 0 Å². The first-order valence-electron chi connectivity index (χ1n) is 5.62. The molecule has 0 amide bonds. The van der Waals surface area contributed by atoms with Gasteiger partial charge in [0.25, 0.3) is 0 Å². The Hall–Kier alpha value is -0.790. The van der Waals surface area contributed by atoms with Crippen LogP contribution in [0.1, 0.15) is 58.3 Å². The molecule has 0 bridgehead atoms. The third kappa shape index (κ3) is 11.2. The van der Waals surface area contributed by atoms with Crippen molar-refractivity contribution in [1.29, 1.82) is 0 Å². The van der Waals surface area contributed by atoms with E-state index < -0.39 is 5.97 Å². The van der Waals surface area contributed by atoms with Gasteiger partial charge >= 0.3 is 0 Å². The average Bonchev–Trinajstić information content (AvgIpc) is 2.15. The van der Waals surface area contributed by atoms with E-state index in [0.29, 0.717) is 0 Å². The fourth-order valence-electron chi connectivity index (χ4n) is 1.27. The van der Waals surface area contributed by atoms with Gasteiger partial charge in [0.1, 0.15) is 0 Å². The zero-order valence-corrected chi connectivity index (χ0v) is 9.13. The number of carbonyl (C=O) groups excluding carboxylic acids is 1. The Morgan fingerprint density at radius 1 is 1.07 bits per heavy atom. The minimum absolute atomic E-state index is 0.208. The van der Waals surface area contributed by atoms with Crippen LogP contribution < -0.4 is 5.11 Å². The van der Waals surface area contributed by atoms with E-state index in [4.69, 9.17) is 0 Å². The zero-order valence-electron chi connectivity index (χ0n) is 9.13. The molecule has 0 aliphatic rings. The number of carbonyl (C=O) groups is 1. The van der Waals surface area contributed by atoms with E-state index in [2.05, 4.69) is 19.1 Å². The molecule has 0 heterocycles. The van der Waals surface area contributed by atoms with Gasteiger partial charge in [-0.2, -0.15) is 0 Å². The molecule has 0 spiro atoms. The predicted octanol–water partition coefficient (Wildman–Crippen LogP) is 2.43. The molecule has 0 aromatic rings. The van der Waals surface area contributed by atoms with Crippen molar-refractivity contribution in [1.82, 2.24) is 0 Å². The standard InChI is InChI=1S/C12H22O2/c1-2-3-4-5-6-7-8-9-10-11-12(13)14/h5-6H,2-4,7-11H2,1H3,(H,13,14)/p-1/b6-5+. The summed E-state index contributed by atoms with van der Waals surface area (Å²) in [7, 11) is 0. The van der Waals surface area contributed by atoms with Crippen LogP contribution in [0.3, 0.4) is 0 Å². The summed E-state index contributed by atoms with van der Waals surface area (Å²) >= 11 is 0. The molecule has 0 aliphatic heterocycles. The third-order valence-electron chi connectivity index (χ3n) is 2.14. The number of hydrogen-bond acceptors (Lipinski definition) is 2. The number of carboxylic acid groups (broad SMARTS) is 1. The first-order chi connectivity index (χ1) is 6.77. The monoisotopic (exact) mass is 197 g/mol. The van der Waals surface area contributed by atoms with Crippen molar-refractivity contribution in [3.8, 4) is 0 Å². The normalized spacial score (nSPS) is 10.9. The highest BCUT2D eigenvalue weighted by Crippen LogP contribution is 2.04. The smallest absolute Gasteiger partial charge is 0.0414 e. The van der Waals surface area contributed by atoms with Crippen LogP contribution in [0, 0.1) is 0 Å². The largest absolute Gasteiger partial charge is 0.550 e. The summed E-state index contributed by atoms with van der Waals surface area (Å²) in [6.45, 7) is 2.19. The zero-order chi connectivity index (χ0) is 10.6.